The number of hydrogen-bond acceptors (Lipinski definition) is 16. The third kappa shape index (κ3) is 3.21. The van der Waals surface area contributed by atoms with E-state index in [1.807, 2.05) is 0 Å². The Labute approximate surface area is 200 Å². The van der Waals surface area contributed by atoms with Crippen molar-refractivity contribution >= 4 is 35.8 Å². The molecule has 4 N–H and O–H groups in total. The van der Waals surface area contributed by atoms with Crippen LogP contribution in [0.5, 0.6) is 0 Å². The number of rotatable bonds is 2. The monoisotopic (exact) mass is 518 g/mol. The molecule has 4 heterocycles. The summed E-state index contributed by atoms with van der Waals surface area (Å²) in [4.78, 5) is 76.7. The van der Waals surface area contributed by atoms with E-state index in [0.717, 1.165) is 13.8 Å². The van der Waals surface area contributed by atoms with Crippen molar-refractivity contribution in [1.29, 1.82) is 0 Å². The summed E-state index contributed by atoms with van der Waals surface area (Å²) in [5, 5.41) is 44.5. The van der Waals surface area contributed by atoms with E-state index in [-0.39, 0.29) is 0 Å². The Morgan fingerprint density at radius 1 is 0.583 bits per heavy atom. The van der Waals surface area contributed by atoms with Gasteiger partial charge in [0.25, 0.3) is 5.60 Å². The molecular weight excluding hydrogens is 496 g/mol. The second-order valence-corrected chi connectivity index (χ2v) is 8.96. The van der Waals surface area contributed by atoms with Crippen molar-refractivity contribution in [1.82, 2.24) is 0 Å². The first-order valence-electron chi connectivity index (χ1n) is 10.8. The van der Waals surface area contributed by atoms with E-state index >= 15 is 0 Å². The van der Waals surface area contributed by atoms with Crippen LogP contribution >= 0.6 is 0 Å². The van der Waals surface area contributed by atoms with Crippen LogP contribution < -0.4 is 0 Å². The van der Waals surface area contributed by atoms with E-state index in [0.29, 0.717) is 0 Å². The fraction of sp³-hybridized carbons (Fsp3) is 0.700. The van der Waals surface area contributed by atoms with Crippen LogP contribution in [0.2, 0.25) is 0 Å². The van der Waals surface area contributed by atoms with Crippen LogP contribution in [0.15, 0.2) is 0 Å². The summed E-state index contributed by atoms with van der Waals surface area (Å²) in [6.07, 6.45) is -6.73. The van der Waals surface area contributed by atoms with Crippen LogP contribution in [-0.2, 0) is 57.2 Å². The van der Waals surface area contributed by atoms with E-state index in [4.69, 9.17) is 28.4 Å². The zero-order valence-corrected chi connectivity index (χ0v) is 18.9. The molecule has 4 saturated heterocycles. The molecule has 4 aliphatic heterocycles. The van der Waals surface area contributed by atoms with Crippen LogP contribution in [0.4, 0.5) is 0 Å². The first-order chi connectivity index (χ1) is 16.5. The van der Waals surface area contributed by atoms with Crippen LogP contribution in [0.1, 0.15) is 52.4 Å². The third-order valence-corrected chi connectivity index (χ3v) is 6.59. The zero-order chi connectivity index (χ0) is 26.9. The fourth-order valence-corrected chi connectivity index (χ4v) is 4.68. The number of carbonyl (C=O) groups excluding carboxylic acids is 6. The Morgan fingerprint density at radius 3 is 1.44 bits per heavy atom. The van der Waals surface area contributed by atoms with Crippen molar-refractivity contribution in [2.75, 3.05) is 0 Å². The van der Waals surface area contributed by atoms with Gasteiger partial charge in [0, 0.05) is 6.42 Å². The molecule has 0 aromatic rings. The van der Waals surface area contributed by atoms with Crippen LogP contribution in [0.25, 0.3) is 0 Å². The minimum absolute atomic E-state index is 0.772. The van der Waals surface area contributed by atoms with E-state index in [1.165, 1.54) is 0 Å². The average molecular weight is 518 g/mol. The van der Waals surface area contributed by atoms with Gasteiger partial charge in [-0.25, -0.2) is 9.59 Å². The molecular formula is C20H22O16. The number of aliphatic hydroxyl groups is 4. The van der Waals surface area contributed by atoms with Gasteiger partial charge in [0.2, 0.25) is 0 Å². The van der Waals surface area contributed by atoms with Crippen LogP contribution in [0, 0.1) is 0 Å². The van der Waals surface area contributed by atoms with Crippen LogP contribution in [-0.4, -0.2) is 90.6 Å². The Kier molecular flexibility index (Phi) is 5.42. The first-order valence-corrected chi connectivity index (χ1v) is 10.8. The standard InChI is InChI=1S/C20H22O16/c1-3-17(29)19(33-11(23)7-16(28)8-12(24)34-20(17,30)36-14(16)26)18(4-2)31-9(21)5-15(27,13(25)35-18)6-10(22)32-19/h27-30H,3-8H2,1-2H3. The number of ether oxygens (including phenoxy) is 6. The summed E-state index contributed by atoms with van der Waals surface area (Å²) < 4.78 is 30.5. The molecule has 0 radical (unpaired) electrons. The lowest BCUT2D eigenvalue weighted by molar-refractivity contribution is -0.486. The van der Waals surface area contributed by atoms with Crippen molar-refractivity contribution in [3.8, 4) is 0 Å². The second kappa shape index (κ2) is 7.58. The van der Waals surface area contributed by atoms with Gasteiger partial charge in [0.05, 0.1) is 25.7 Å². The van der Waals surface area contributed by atoms with Crippen molar-refractivity contribution in [3.05, 3.63) is 0 Å². The minimum Gasteiger partial charge on any atom is -0.414 e. The van der Waals surface area contributed by atoms with Crippen molar-refractivity contribution < 1.29 is 77.6 Å². The minimum atomic E-state index is -3.88. The molecule has 4 fully saturated rings. The molecule has 6 atom stereocenters. The zero-order valence-electron chi connectivity index (χ0n) is 18.9. The van der Waals surface area contributed by atoms with Crippen molar-refractivity contribution in [2.45, 2.75) is 86.7 Å². The summed E-state index contributed by atoms with van der Waals surface area (Å²) >= 11 is 0. The van der Waals surface area contributed by atoms with Gasteiger partial charge in [0.15, 0.2) is 11.2 Å². The number of esters is 6. The molecule has 6 unspecified atom stereocenters. The molecule has 1 spiro atoms. The lowest BCUT2D eigenvalue weighted by Crippen LogP contribution is -2.81. The third-order valence-electron chi connectivity index (χ3n) is 6.59. The lowest BCUT2D eigenvalue weighted by atomic mass is 9.79. The highest BCUT2D eigenvalue weighted by atomic mass is 16.9. The molecule has 36 heavy (non-hydrogen) atoms. The molecule has 0 aliphatic carbocycles. The molecule has 16 heteroatoms. The molecule has 0 amide bonds. The molecule has 4 bridgehead atoms. The Morgan fingerprint density at radius 2 is 1.00 bits per heavy atom. The lowest BCUT2D eigenvalue weighted by Gasteiger charge is -2.54. The Balaban J connectivity index is 2.10. The molecule has 4 rings (SSSR count). The smallest absolute Gasteiger partial charge is 0.412 e. The quantitative estimate of drug-likeness (QED) is 0.209. The number of fused-ring (bicyclic) bond motifs is 7. The molecule has 0 aromatic heterocycles. The molecule has 0 saturated carbocycles. The van der Waals surface area contributed by atoms with E-state index in [9.17, 15) is 49.2 Å². The maximum Gasteiger partial charge on any atom is 0.412 e. The molecule has 0 aromatic carbocycles. The van der Waals surface area contributed by atoms with Gasteiger partial charge in [-0.3, -0.25) is 19.2 Å². The highest BCUT2D eigenvalue weighted by molar-refractivity contribution is 5.94. The fourth-order valence-electron chi connectivity index (χ4n) is 4.68. The topological polar surface area (TPSA) is 239 Å². The highest BCUT2D eigenvalue weighted by Crippen LogP contribution is 2.55. The Bertz CT molecular complexity index is 1090. The number of carbonyl (C=O) groups is 6. The number of hydrogen-bond donors (Lipinski definition) is 4. The summed E-state index contributed by atoms with van der Waals surface area (Å²) in [7, 11) is 0. The van der Waals surface area contributed by atoms with Gasteiger partial charge < -0.3 is 48.8 Å². The van der Waals surface area contributed by atoms with Crippen molar-refractivity contribution in [2.24, 2.45) is 0 Å². The average Bonchev–Trinajstić information content (AvgIpc) is 2.87. The summed E-state index contributed by atoms with van der Waals surface area (Å²) in [5.41, 5.74) is -9.33. The Hall–Kier alpha value is -3.34. The molecule has 4 aliphatic rings. The second-order valence-electron chi connectivity index (χ2n) is 8.96. The predicted molar refractivity (Wildman–Crippen MR) is 101 cm³/mol. The van der Waals surface area contributed by atoms with Gasteiger partial charge in [-0.15, -0.1) is 0 Å². The first kappa shape index (κ1) is 25.7. The highest BCUT2D eigenvalue weighted by Gasteiger charge is 2.85. The SMILES string of the molecule is CCC12OC(=O)CC(O)(CC(=O)OC13OC(=O)CC1(O)CC(=O)OC(O)(OC1=O)C3(O)CC)C(=O)O2. The summed E-state index contributed by atoms with van der Waals surface area (Å²) in [6, 6.07) is 0. The van der Waals surface area contributed by atoms with Crippen molar-refractivity contribution in [3.63, 3.8) is 0 Å². The van der Waals surface area contributed by atoms with Gasteiger partial charge in [-0.1, -0.05) is 13.8 Å². The van der Waals surface area contributed by atoms with Gasteiger partial charge >= 0.3 is 53.4 Å². The largest absolute Gasteiger partial charge is 0.414 e. The molecule has 198 valence electrons. The molecule has 16 nitrogen and oxygen atoms in total. The summed E-state index contributed by atoms with van der Waals surface area (Å²) in [5.74, 6) is -20.2. The van der Waals surface area contributed by atoms with E-state index in [2.05, 4.69) is 0 Å². The van der Waals surface area contributed by atoms with Gasteiger partial charge in [0.1, 0.15) is 0 Å². The van der Waals surface area contributed by atoms with Crippen LogP contribution in [0.3, 0.4) is 0 Å². The maximum absolute atomic E-state index is 13.0. The van der Waals surface area contributed by atoms with Gasteiger partial charge in [-0.2, -0.15) is 0 Å². The van der Waals surface area contributed by atoms with E-state index < -0.39 is 109 Å². The summed E-state index contributed by atoms with van der Waals surface area (Å²) in [6.45, 7) is 2.20. The predicted octanol–water partition coefficient (Wildman–Crippen LogP) is -3.09. The van der Waals surface area contributed by atoms with E-state index in [1.54, 1.807) is 0 Å². The van der Waals surface area contributed by atoms with Gasteiger partial charge in [-0.05, 0) is 6.42 Å². The maximum atomic E-state index is 13.0. The normalized spacial score (nSPS) is 44.8.